The first kappa shape index (κ1) is 10.4. The number of aryl methyl sites for hydroxylation is 1. The molecular weight excluding hydrogens is 208 g/mol. The van der Waals surface area contributed by atoms with Gasteiger partial charge in [-0.1, -0.05) is 29.8 Å². The Morgan fingerprint density at radius 2 is 1.88 bits per heavy atom. The van der Waals surface area contributed by atoms with Crippen molar-refractivity contribution < 1.29 is 19.4 Å². The maximum atomic E-state index is 11.3. The number of aliphatic hydroxyl groups excluding tert-OH is 1. The van der Waals surface area contributed by atoms with Crippen molar-refractivity contribution in [2.45, 2.75) is 6.92 Å². The molecule has 1 N–H and O–H groups in total. The van der Waals surface area contributed by atoms with E-state index in [2.05, 4.69) is 4.74 Å². The van der Waals surface area contributed by atoms with E-state index >= 15 is 0 Å². The normalized spacial score (nSPS) is 18.6. The summed E-state index contributed by atoms with van der Waals surface area (Å²) in [5, 5.41) is 9.83. The second-order valence-electron chi connectivity index (χ2n) is 3.60. The Kier molecular flexibility index (Phi) is 2.48. The molecule has 1 aliphatic rings. The Labute approximate surface area is 92.2 Å². The Morgan fingerprint density at radius 1 is 1.25 bits per heavy atom. The smallest absolute Gasteiger partial charge is 0.379 e. The van der Waals surface area contributed by atoms with Gasteiger partial charge in [0.2, 0.25) is 0 Å². The molecule has 0 spiro atoms. The van der Waals surface area contributed by atoms with Crippen molar-refractivity contribution in [3.8, 4) is 0 Å². The SMILES string of the molecule is Cc1ccc(/C(O)=C2\COC(=O)C2=O)cc1. The highest BCUT2D eigenvalue weighted by molar-refractivity contribution is 6.43. The van der Waals surface area contributed by atoms with Gasteiger partial charge in [-0.2, -0.15) is 0 Å². The molecule has 1 aliphatic heterocycles. The zero-order chi connectivity index (χ0) is 11.7. The van der Waals surface area contributed by atoms with Crippen molar-refractivity contribution in [3.05, 3.63) is 41.0 Å². The minimum Gasteiger partial charge on any atom is -0.507 e. The van der Waals surface area contributed by atoms with E-state index < -0.39 is 11.8 Å². The fourth-order valence-electron chi connectivity index (χ4n) is 1.45. The van der Waals surface area contributed by atoms with Crippen LogP contribution in [0.2, 0.25) is 0 Å². The lowest BCUT2D eigenvalue weighted by Gasteiger charge is -2.02. The molecule has 0 bridgehead atoms. The molecule has 0 radical (unpaired) electrons. The summed E-state index contributed by atoms with van der Waals surface area (Å²) >= 11 is 0. The van der Waals surface area contributed by atoms with Gasteiger partial charge in [-0.25, -0.2) is 4.79 Å². The summed E-state index contributed by atoms with van der Waals surface area (Å²) in [6.07, 6.45) is 0. The number of hydrogen-bond donors (Lipinski definition) is 1. The van der Waals surface area contributed by atoms with Crippen molar-refractivity contribution in [3.63, 3.8) is 0 Å². The van der Waals surface area contributed by atoms with Crippen LogP contribution in [0.5, 0.6) is 0 Å². The third-order valence-electron chi connectivity index (χ3n) is 2.42. The minimum absolute atomic E-state index is 0.0221. The Balaban J connectivity index is 2.41. The van der Waals surface area contributed by atoms with Gasteiger partial charge >= 0.3 is 5.97 Å². The van der Waals surface area contributed by atoms with Gasteiger partial charge in [0.25, 0.3) is 5.78 Å². The van der Waals surface area contributed by atoms with Crippen molar-refractivity contribution >= 4 is 17.5 Å². The molecule has 1 aromatic carbocycles. The van der Waals surface area contributed by atoms with Crippen LogP contribution in [-0.4, -0.2) is 23.5 Å². The van der Waals surface area contributed by atoms with Crippen LogP contribution in [0.1, 0.15) is 11.1 Å². The molecule has 0 amide bonds. The number of cyclic esters (lactones) is 1. The Hall–Kier alpha value is -2.10. The average molecular weight is 218 g/mol. The number of ether oxygens (including phenoxy) is 1. The van der Waals surface area contributed by atoms with E-state index in [0.29, 0.717) is 5.56 Å². The van der Waals surface area contributed by atoms with Gasteiger partial charge in [-0.05, 0) is 6.92 Å². The van der Waals surface area contributed by atoms with Gasteiger partial charge in [0.15, 0.2) is 0 Å². The lowest BCUT2D eigenvalue weighted by Crippen LogP contribution is -2.07. The summed E-state index contributed by atoms with van der Waals surface area (Å²) < 4.78 is 4.54. The maximum absolute atomic E-state index is 11.3. The van der Waals surface area contributed by atoms with E-state index in [9.17, 15) is 14.7 Å². The standard InChI is InChI=1S/C12H10O4/c1-7-2-4-8(5-3-7)10(13)9-6-16-12(15)11(9)14/h2-5,13H,6H2,1H3/b10-9-. The monoisotopic (exact) mass is 218 g/mol. The van der Waals surface area contributed by atoms with E-state index in [1.165, 1.54) is 0 Å². The highest BCUT2D eigenvalue weighted by Gasteiger charge is 2.32. The highest BCUT2D eigenvalue weighted by atomic mass is 16.5. The minimum atomic E-state index is -0.909. The molecule has 4 heteroatoms. The molecule has 82 valence electrons. The van der Waals surface area contributed by atoms with E-state index in [-0.39, 0.29) is 17.9 Å². The molecule has 4 nitrogen and oxygen atoms in total. The van der Waals surface area contributed by atoms with Gasteiger partial charge in [-0.3, -0.25) is 4.79 Å². The topological polar surface area (TPSA) is 63.6 Å². The van der Waals surface area contributed by atoms with Crippen molar-refractivity contribution in [1.29, 1.82) is 0 Å². The molecule has 0 atom stereocenters. The predicted octanol–water partition coefficient (Wildman–Crippen LogP) is 1.39. The largest absolute Gasteiger partial charge is 0.507 e. The third kappa shape index (κ3) is 1.69. The second-order valence-corrected chi connectivity index (χ2v) is 3.60. The quantitative estimate of drug-likeness (QED) is 0.335. The lowest BCUT2D eigenvalue weighted by molar-refractivity contribution is -0.146. The van der Waals surface area contributed by atoms with Crippen molar-refractivity contribution in [2.75, 3.05) is 6.61 Å². The van der Waals surface area contributed by atoms with E-state index in [1.54, 1.807) is 12.1 Å². The van der Waals surface area contributed by atoms with Gasteiger partial charge in [-0.15, -0.1) is 0 Å². The fourth-order valence-corrected chi connectivity index (χ4v) is 1.45. The van der Waals surface area contributed by atoms with Gasteiger partial charge < -0.3 is 9.84 Å². The van der Waals surface area contributed by atoms with Crippen LogP contribution < -0.4 is 0 Å². The van der Waals surface area contributed by atoms with Crippen LogP contribution >= 0.6 is 0 Å². The number of esters is 1. The number of Topliss-reactive ketones (excluding diaryl/α,β-unsaturated/α-hetero) is 1. The summed E-state index contributed by atoms with van der Waals surface area (Å²) in [4.78, 5) is 22.2. The summed E-state index contributed by atoms with van der Waals surface area (Å²) in [5.41, 5.74) is 1.58. The summed E-state index contributed by atoms with van der Waals surface area (Å²) in [6.45, 7) is 1.76. The number of rotatable bonds is 1. The van der Waals surface area contributed by atoms with Crippen molar-refractivity contribution in [2.24, 2.45) is 0 Å². The molecule has 0 unspecified atom stereocenters. The third-order valence-corrected chi connectivity index (χ3v) is 2.42. The molecule has 2 rings (SSSR count). The molecular formula is C12H10O4. The molecule has 0 aliphatic carbocycles. The molecule has 1 aromatic rings. The number of benzene rings is 1. The first-order valence-corrected chi connectivity index (χ1v) is 4.80. The zero-order valence-corrected chi connectivity index (χ0v) is 8.69. The van der Waals surface area contributed by atoms with Crippen LogP contribution in [0.25, 0.3) is 5.76 Å². The molecule has 1 fully saturated rings. The molecule has 0 saturated carbocycles. The first-order valence-electron chi connectivity index (χ1n) is 4.80. The number of hydrogen-bond acceptors (Lipinski definition) is 4. The Bertz CT molecular complexity index is 482. The maximum Gasteiger partial charge on any atom is 0.379 e. The zero-order valence-electron chi connectivity index (χ0n) is 8.69. The van der Waals surface area contributed by atoms with Crippen LogP contribution in [0, 0.1) is 6.92 Å². The van der Waals surface area contributed by atoms with Crippen LogP contribution in [0.4, 0.5) is 0 Å². The first-order chi connectivity index (χ1) is 7.59. The summed E-state index contributed by atoms with van der Waals surface area (Å²) in [7, 11) is 0. The molecule has 1 saturated heterocycles. The molecule has 0 aromatic heterocycles. The average Bonchev–Trinajstić information content (AvgIpc) is 2.60. The van der Waals surface area contributed by atoms with Crippen LogP contribution in [0.15, 0.2) is 29.8 Å². The van der Waals surface area contributed by atoms with Crippen LogP contribution in [0.3, 0.4) is 0 Å². The summed E-state index contributed by atoms with van der Waals surface area (Å²) in [5.74, 6) is -1.86. The van der Waals surface area contributed by atoms with E-state index in [4.69, 9.17) is 0 Å². The Morgan fingerprint density at radius 3 is 2.38 bits per heavy atom. The number of carbonyl (C=O) groups excluding carboxylic acids is 2. The highest BCUT2D eigenvalue weighted by Crippen LogP contribution is 2.21. The lowest BCUT2D eigenvalue weighted by atomic mass is 10.1. The number of ketones is 1. The second kappa shape index (κ2) is 3.81. The van der Waals surface area contributed by atoms with Crippen molar-refractivity contribution in [1.82, 2.24) is 0 Å². The van der Waals surface area contributed by atoms with Gasteiger partial charge in [0, 0.05) is 5.56 Å². The molecule has 1 heterocycles. The number of carbonyl (C=O) groups is 2. The predicted molar refractivity (Wildman–Crippen MR) is 56.7 cm³/mol. The van der Waals surface area contributed by atoms with Gasteiger partial charge in [0.05, 0.1) is 5.57 Å². The molecule has 16 heavy (non-hydrogen) atoms. The van der Waals surface area contributed by atoms with Gasteiger partial charge in [0.1, 0.15) is 12.4 Å². The van der Waals surface area contributed by atoms with E-state index in [0.717, 1.165) is 5.56 Å². The summed E-state index contributed by atoms with van der Waals surface area (Å²) in [6, 6.07) is 7.00. The van der Waals surface area contributed by atoms with Crippen LogP contribution in [-0.2, 0) is 14.3 Å². The number of aliphatic hydroxyl groups is 1. The fraction of sp³-hybridized carbons (Fsp3) is 0.167. The van der Waals surface area contributed by atoms with E-state index in [1.807, 2.05) is 19.1 Å².